The van der Waals surface area contributed by atoms with Crippen LogP contribution in [0.1, 0.15) is 26.2 Å². The molecule has 1 aliphatic carbocycles. The Labute approximate surface area is 122 Å². The lowest BCUT2D eigenvalue weighted by Crippen LogP contribution is -2.54. The number of carbonyl (C=O) groups is 1. The summed E-state index contributed by atoms with van der Waals surface area (Å²) in [6.45, 7) is 1.90. The number of nitro benzene ring substituents is 1. The van der Waals surface area contributed by atoms with E-state index < -0.39 is 16.4 Å². The molecule has 1 atom stereocenters. The van der Waals surface area contributed by atoms with Crippen molar-refractivity contribution in [1.29, 1.82) is 0 Å². The van der Waals surface area contributed by atoms with E-state index >= 15 is 0 Å². The molecule has 114 valence electrons. The summed E-state index contributed by atoms with van der Waals surface area (Å²) in [6, 6.07) is 6.48. The Morgan fingerprint density at radius 3 is 2.76 bits per heavy atom. The maximum absolute atomic E-state index is 11.6. The van der Waals surface area contributed by atoms with Crippen molar-refractivity contribution in [3.63, 3.8) is 0 Å². The number of ether oxygens (including phenoxy) is 1. The highest BCUT2D eigenvalue weighted by Gasteiger charge is 2.36. The third kappa shape index (κ3) is 3.91. The first-order valence-corrected chi connectivity index (χ1v) is 6.86. The van der Waals surface area contributed by atoms with Gasteiger partial charge in [-0.25, -0.2) is 0 Å². The number of para-hydroxylation sites is 2. The fraction of sp³-hybridized carbons (Fsp3) is 0.500. The molecule has 3 N–H and O–H groups in total. The molecular weight excluding hydrogens is 274 g/mol. The molecule has 2 rings (SSSR count). The standard InChI is InChI=1S/C14H19N3O4/c1-14(13(15)18,16-10-6-7-10)8-9-21-12-5-3-2-4-11(12)17(19)20/h2-5,10,16H,6-9H2,1H3,(H2,15,18). The van der Waals surface area contributed by atoms with Crippen LogP contribution in [-0.2, 0) is 4.79 Å². The van der Waals surface area contributed by atoms with Crippen molar-refractivity contribution in [2.24, 2.45) is 5.73 Å². The van der Waals surface area contributed by atoms with Gasteiger partial charge < -0.3 is 15.8 Å². The molecule has 0 radical (unpaired) electrons. The van der Waals surface area contributed by atoms with Gasteiger partial charge in [-0.1, -0.05) is 12.1 Å². The van der Waals surface area contributed by atoms with Crippen LogP contribution in [0.15, 0.2) is 24.3 Å². The second-order valence-electron chi connectivity index (χ2n) is 5.44. The van der Waals surface area contributed by atoms with Crippen LogP contribution in [0.25, 0.3) is 0 Å². The summed E-state index contributed by atoms with van der Waals surface area (Å²) in [7, 11) is 0. The lowest BCUT2D eigenvalue weighted by Gasteiger charge is -2.27. The molecule has 1 unspecified atom stereocenters. The topological polar surface area (TPSA) is 107 Å². The number of rotatable bonds is 8. The summed E-state index contributed by atoms with van der Waals surface area (Å²) in [5, 5.41) is 14.1. The highest BCUT2D eigenvalue weighted by molar-refractivity contribution is 5.84. The third-order valence-corrected chi connectivity index (χ3v) is 3.57. The van der Waals surface area contributed by atoms with Crippen molar-refractivity contribution in [1.82, 2.24) is 5.32 Å². The van der Waals surface area contributed by atoms with Gasteiger partial charge in [-0.3, -0.25) is 14.9 Å². The van der Waals surface area contributed by atoms with Gasteiger partial charge in [0.05, 0.1) is 17.1 Å². The average molecular weight is 293 g/mol. The second kappa shape index (κ2) is 6.09. The number of carbonyl (C=O) groups excluding carboxylic acids is 1. The first-order valence-electron chi connectivity index (χ1n) is 6.86. The molecule has 1 aromatic carbocycles. The lowest BCUT2D eigenvalue weighted by molar-refractivity contribution is -0.385. The Hall–Kier alpha value is -2.15. The zero-order valence-electron chi connectivity index (χ0n) is 11.9. The zero-order chi connectivity index (χ0) is 15.5. The molecule has 0 heterocycles. The number of nitrogens with two attached hydrogens (primary N) is 1. The summed E-state index contributed by atoms with van der Waals surface area (Å²) >= 11 is 0. The van der Waals surface area contributed by atoms with Crippen LogP contribution < -0.4 is 15.8 Å². The van der Waals surface area contributed by atoms with Gasteiger partial charge in [-0.15, -0.1) is 0 Å². The van der Waals surface area contributed by atoms with E-state index in [0.717, 1.165) is 12.8 Å². The van der Waals surface area contributed by atoms with E-state index in [-0.39, 0.29) is 18.0 Å². The van der Waals surface area contributed by atoms with Gasteiger partial charge in [-0.05, 0) is 25.8 Å². The first kappa shape index (κ1) is 15.2. The van der Waals surface area contributed by atoms with Crippen LogP contribution in [0.5, 0.6) is 5.75 Å². The molecule has 1 saturated carbocycles. The van der Waals surface area contributed by atoms with E-state index in [0.29, 0.717) is 12.5 Å². The molecule has 1 fully saturated rings. The van der Waals surface area contributed by atoms with Crippen LogP contribution in [0.3, 0.4) is 0 Å². The molecule has 0 bridgehead atoms. The van der Waals surface area contributed by atoms with E-state index in [4.69, 9.17) is 10.5 Å². The number of amides is 1. The molecule has 1 aliphatic rings. The molecule has 1 amide bonds. The minimum Gasteiger partial charge on any atom is -0.487 e. The van der Waals surface area contributed by atoms with Crippen LogP contribution >= 0.6 is 0 Å². The summed E-state index contributed by atoms with van der Waals surface area (Å²) in [4.78, 5) is 22.0. The van der Waals surface area contributed by atoms with Crippen molar-refractivity contribution in [2.45, 2.75) is 37.8 Å². The van der Waals surface area contributed by atoms with Crippen LogP contribution in [0, 0.1) is 10.1 Å². The van der Waals surface area contributed by atoms with Gasteiger partial charge in [0.25, 0.3) is 0 Å². The number of hydrogen-bond acceptors (Lipinski definition) is 5. The van der Waals surface area contributed by atoms with E-state index in [1.807, 2.05) is 0 Å². The van der Waals surface area contributed by atoms with Crippen LogP contribution in [0.4, 0.5) is 5.69 Å². The maximum atomic E-state index is 11.6. The van der Waals surface area contributed by atoms with Crippen LogP contribution in [-0.4, -0.2) is 29.0 Å². The van der Waals surface area contributed by atoms with Gasteiger partial charge in [-0.2, -0.15) is 0 Å². The lowest BCUT2D eigenvalue weighted by atomic mass is 9.97. The van der Waals surface area contributed by atoms with E-state index in [1.54, 1.807) is 19.1 Å². The molecule has 7 heteroatoms. The molecule has 0 saturated heterocycles. The quantitative estimate of drug-likeness (QED) is 0.556. The van der Waals surface area contributed by atoms with Gasteiger partial charge in [0.1, 0.15) is 0 Å². The number of benzene rings is 1. The van der Waals surface area contributed by atoms with Gasteiger partial charge in [0, 0.05) is 18.5 Å². The van der Waals surface area contributed by atoms with Crippen LogP contribution in [0.2, 0.25) is 0 Å². The smallest absolute Gasteiger partial charge is 0.310 e. The number of primary amides is 1. The summed E-state index contributed by atoms with van der Waals surface area (Å²) in [5.74, 6) is -0.249. The monoisotopic (exact) mass is 293 g/mol. The molecule has 7 nitrogen and oxygen atoms in total. The largest absolute Gasteiger partial charge is 0.487 e. The fourth-order valence-electron chi connectivity index (χ4n) is 2.04. The highest BCUT2D eigenvalue weighted by atomic mass is 16.6. The molecule has 1 aromatic rings. The van der Waals surface area contributed by atoms with Gasteiger partial charge in [0.15, 0.2) is 5.75 Å². The third-order valence-electron chi connectivity index (χ3n) is 3.57. The number of nitrogens with one attached hydrogen (secondary N) is 1. The van der Waals surface area contributed by atoms with Crippen molar-refractivity contribution >= 4 is 11.6 Å². The summed E-state index contributed by atoms with van der Waals surface area (Å²) in [6.07, 6.45) is 2.42. The van der Waals surface area contributed by atoms with E-state index in [9.17, 15) is 14.9 Å². The normalized spacial score (nSPS) is 17.0. The van der Waals surface area contributed by atoms with E-state index in [2.05, 4.69) is 5.32 Å². The Balaban J connectivity index is 1.96. The Morgan fingerprint density at radius 2 is 2.19 bits per heavy atom. The maximum Gasteiger partial charge on any atom is 0.310 e. The molecule has 0 spiro atoms. The summed E-state index contributed by atoms with van der Waals surface area (Å²) in [5.41, 5.74) is 4.49. The first-order chi connectivity index (χ1) is 9.92. The fourth-order valence-corrected chi connectivity index (χ4v) is 2.04. The molecule has 0 aromatic heterocycles. The Bertz CT molecular complexity index is 545. The van der Waals surface area contributed by atoms with E-state index in [1.165, 1.54) is 12.1 Å². The Kier molecular flexibility index (Phi) is 4.42. The molecule has 0 aliphatic heterocycles. The van der Waals surface area contributed by atoms with Crippen molar-refractivity contribution in [3.05, 3.63) is 34.4 Å². The highest BCUT2D eigenvalue weighted by Crippen LogP contribution is 2.27. The van der Waals surface area contributed by atoms with Crippen molar-refractivity contribution in [3.8, 4) is 5.75 Å². The van der Waals surface area contributed by atoms with Crippen molar-refractivity contribution in [2.75, 3.05) is 6.61 Å². The SMILES string of the molecule is CC(CCOc1ccccc1[N+](=O)[O-])(NC1CC1)C(N)=O. The molecule has 21 heavy (non-hydrogen) atoms. The Morgan fingerprint density at radius 1 is 1.52 bits per heavy atom. The predicted octanol–water partition coefficient (Wildman–Crippen LogP) is 1.36. The van der Waals surface area contributed by atoms with Gasteiger partial charge in [0.2, 0.25) is 5.91 Å². The summed E-state index contributed by atoms with van der Waals surface area (Å²) < 4.78 is 5.46. The number of hydrogen-bond donors (Lipinski definition) is 2. The average Bonchev–Trinajstić information content (AvgIpc) is 3.22. The second-order valence-corrected chi connectivity index (χ2v) is 5.44. The molecular formula is C14H19N3O4. The predicted molar refractivity (Wildman–Crippen MR) is 77.0 cm³/mol. The zero-order valence-corrected chi connectivity index (χ0v) is 11.9. The van der Waals surface area contributed by atoms with Crippen molar-refractivity contribution < 1.29 is 14.5 Å². The number of nitro groups is 1. The van der Waals surface area contributed by atoms with Gasteiger partial charge >= 0.3 is 5.69 Å². The number of nitrogens with zero attached hydrogens (tertiary/aromatic N) is 1. The minimum absolute atomic E-state index is 0.0894. The minimum atomic E-state index is -0.856.